The van der Waals surface area contributed by atoms with E-state index in [-0.39, 0.29) is 25.1 Å². The summed E-state index contributed by atoms with van der Waals surface area (Å²) in [4.78, 5) is 12.0. The molecule has 0 saturated carbocycles. The summed E-state index contributed by atoms with van der Waals surface area (Å²) in [6.07, 6.45) is 0. The monoisotopic (exact) mass is 270 g/mol. The second kappa shape index (κ2) is 5.35. The maximum atomic E-state index is 12.0. The molecule has 0 radical (unpaired) electrons. The number of rotatable bonds is 4. The van der Waals surface area contributed by atoms with E-state index >= 15 is 0 Å². The van der Waals surface area contributed by atoms with Gasteiger partial charge in [0, 0.05) is 5.56 Å². The maximum Gasteiger partial charge on any atom is 0.323 e. The van der Waals surface area contributed by atoms with E-state index in [0.29, 0.717) is 11.5 Å². The molecule has 0 aromatic heterocycles. The molecule has 1 heterocycles. The average Bonchev–Trinajstić information content (AvgIpc) is 2.81. The summed E-state index contributed by atoms with van der Waals surface area (Å²) in [6.45, 7) is 0.234. The number of hydrogen-bond donors (Lipinski definition) is 1. The number of aliphatic hydroxyl groups excluding tert-OH is 1. The van der Waals surface area contributed by atoms with Crippen molar-refractivity contribution in [2.45, 2.75) is 5.92 Å². The van der Waals surface area contributed by atoms with E-state index in [0.717, 1.165) is 11.1 Å². The van der Waals surface area contributed by atoms with Gasteiger partial charge in [0.05, 0.1) is 6.61 Å². The van der Waals surface area contributed by atoms with E-state index < -0.39 is 0 Å². The number of fused-ring (bicyclic) bond motifs is 1. The number of aliphatic hydroxyl groups is 1. The highest BCUT2D eigenvalue weighted by atomic mass is 16.5. The fraction of sp³-hybridized carbons (Fsp3) is 0.188. The van der Waals surface area contributed by atoms with Gasteiger partial charge in [-0.1, -0.05) is 30.3 Å². The molecule has 0 amide bonds. The Kier molecular flexibility index (Phi) is 3.39. The molecule has 1 N–H and O–H groups in total. The first-order valence-corrected chi connectivity index (χ1v) is 6.44. The second-order valence-electron chi connectivity index (χ2n) is 4.53. The van der Waals surface area contributed by atoms with Gasteiger partial charge in [-0.05, 0) is 23.8 Å². The number of carbonyl (C=O) groups is 1. The van der Waals surface area contributed by atoms with Crippen LogP contribution in [0.2, 0.25) is 0 Å². The normalized spacial score (nSPS) is 16.6. The topological polar surface area (TPSA) is 55.8 Å². The summed E-state index contributed by atoms with van der Waals surface area (Å²) >= 11 is 0. The number of esters is 1. The average molecular weight is 270 g/mol. The third-order valence-electron chi connectivity index (χ3n) is 3.25. The first kappa shape index (κ1) is 12.7. The van der Waals surface area contributed by atoms with Crippen molar-refractivity contribution in [2.24, 2.45) is 0 Å². The van der Waals surface area contributed by atoms with E-state index in [1.165, 1.54) is 0 Å². The Hall–Kier alpha value is -2.33. The Morgan fingerprint density at radius 3 is 2.60 bits per heavy atom. The van der Waals surface area contributed by atoms with E-state index in [2.05, 4.69) is 0 Å². The van der Waals surface area contributed by atoms with Crippen LogP contribution in [0.25, 0.3) is 0 Å². The molecule has 0 saturated heterocycles. The molecule has 1 unspecified atom stereocenters. The molecule has 0 aliphatic carbocycles. The van der Waals surface area contributed by atoms with E-state index in [4.69, 9.17) is 14.6 Å². The Balaban J connectivity index is 1.88. The van der Waals surface area contributed by atoms with Gasteiger partial charge < -0.3 is 14.6 Å². The minimum absolute atomic E-state index is 0.0237. The molecule has 2 aromatic carbocycles. The van der Waals surface area contributed by atoms with Gasteiger partial charge >= 0.3 is 5.97 Å². The molecule has 4 nitrogen and oxygen atoms in total. The molecular formula is C16H14O4. The lowest BCUT2D eigenvalue weighted by Crippen LogP contribution is -2.11. The Morgan fingerprint density at radius 1 is 1.10 bits per heavy atom. The van der Waals surface area contributed by atoms with Crippen LogP contribution >= 0.6 is 0 Å². The molecule has 0 fully saturated rings. The lowest BCUT2D eigenvalue weighted by atomic mass is 9.93. The quantitative estimate of drug-likeness (QED) is 0.683. The highest BCUT2D eigenvalue weighted by Gasteiger charge is 2.33. The van der Waals surface area contributed by atoms with Crippen LogP contribution in [-0.2, 0) is 4.79 Å². The summed E-state index contributed by atoms with van der Waals surface area (Å²) in [7, 11) is 0. The molecule has 0 bridgehead atoms. The van der Waals surface area contributed by atoms with Gasteiger partial charge in [-0.15, -0.1) is 0 Å². The van der Waals surface area contributed by atoms with Gasteiger partial charge in [0.15, 0.2) is 0 Å². The first-order chi connectivity index (χ1) is 9.79. The number of hydrogen-bond acceptors (Lipinski definition) is 4. The summed E-state index contributed by atoms with van der Waals surface area (Å²) in [5.41, 5.74) is 1.76. The fourth-order valence-electron chi connectivity index (χ4n) is 2.34. The van der Waals surface area contributed by atoms with Crippen molar-refractivity contribution in [3.05, 3.63) is 59.7 Å². The number of benzene rings is 2. The third-order valence-corrected chi connectivity index (χ3v) is 3.25. The summed E-state index contributed by atoms with van der Waals surface area (Å²) in [5.74, 6) is 0.666. The first-order valence-electron chi connectivity index (χ1n) is 6.44. The lowest BCUT2D eigenvalue weighted by Gasteiger charge is -2.09. The minimum atomic E-state index is -0.377. The van der Waals surface area contributed by atoms with Crippen molar-refractivity contribution in [3.63, 3.8) is 0 Å². The molecule has 0 spiro atoms. The van der Waals surface area contributed by atoms with Crippen molar-refractivity contribution in [1.29, 1.82) is 0 Å². The van der Waals surface area contributed by atoms with E-state index in [1.807, 2.05) is 30.3 Å². The highest BCUT2D eigenvalue weighted by Crippen LogP contribution is 2.39. The van der Waals surface area contributed by atoms with Gasteiger partial charge in [0.2, 0.25) is 0 Å². The molecule has 1 aliphatic rings. The predicted octanol–water partition coefficient (Wildman–Crippen LogP) is 2.11. The van der Waals surface area contributed by atoms with Gasteiger partial charge in [-0.3, -0.25) is 4.79 Å². The summed E-state index contributed by atoms with van der Waals surface area (Å²) in [5, 5.41) is 8.71. The Bertz CT molecular complexity index is 619. The largest absolute Gasteiger partial charge is 0.491 e. The summed E-state index contributed by atoms with van der Waals surface area (Å²) < 4.78 is 10.6. The van der Waals surface area contributed by atoms with Gasteiger partial charge in [-0.2, -0.15) is 0 Å². The number of carbonyl (C=O) groups excluding carboxylic acids is 1. The molecule has 102 valence electrons. The smallest absolute Gasteiger partial charge is 0.323 e. The Labute approximate surface area is 116 Å². The van der Waals surface area contributed by atoms with Crippen molar-refractivity contribution < 1.29 is 19.4 Å². The zero-order valence-corrected chi connectivity index (χ0v) is 10.8. The van der Waals surface area contributed by atoms with Gasteiger partial charge in [-0.25, -0.2) is 0 Å². The number of para-hydroxylation sites is 1. The van der Waals surface area contributed by atoms with E-state index in [9.17, 15) is 4.79 Å². The van der Waals surface area contributed by atoms with Crippen molar-refractivity contribution in [3.8, 4) is 11.5 Å². The SMILES string of the molecule is O=C1Oc2ccccc2C1c1ccc(OCCO)cc1. The maximum absolute atomic E-state index is 12.0. The van der Waals surface area contributed by atoms with Crippen LogP contribution in [0.1, 0.15) is 17.0 Å². The van der Waals surface area contributed by atoms with Gasteiger partial charge in [0.1, 0.15) is 24.0 Å². The predicted molar refractivity (Wildman–Crippen MR) is 72.9 cm³/mol. The van der Waals surface area contributed by atoms with Gasteiger partial charge in [0.25, 0.3) is 0 Å². The number of ether oxygens (including phenoxy) is 2. The highest BCUT2D eigenvalue weighted by molar-refractivity contribution is 5.89. The molecule has 2 aromatic rings. The van der Waals surface area contributed by atoms with Crippen molar-refractivity contribution in [1.82, 2.24) is 0 Å². The van der Waals surface area contributed by atoms with Crippen molar-refractivity contribution in [2.75, 3.05) is 13.2 Å². The Morgan fingerprint density at radius 2 is 1.85 bits per heavy atom. The standard InChI is InChI=1S/C16H14O4/c17-9-10-19-12-7-5-11(6-8-12)15-13-3-1-2-4-14(13)20-16(15)18/h1-8,15,17H,9-10H2. The molecule has 1 atom stereocenters. The van der Waals surface area contributed by atoms with Crippen LogP contribution in [-0.4, -0.2) is 24.3 Å². The van der Waals surface area contributed by atoms with Crippen LogP contribution < -0.4 is 9.47 Å². The zero-order valence-electron chi connectivity index (χ0n) is 10.8. The zero-order chi connectivity index (χ0) is 13.9. The molecule has 20 heavy (non-hydrogen) atoms. The van der Waals surface area contributed by atoms with Crippen LogP contribution in [0, 0.1) is 0 Å². The third kappa shape index (κ3) is 2.26. The molecular weight excluding hydrogens is 256 g/mol. The van der Waals surface area contributed by atoms with Crippen LogP contribution in [0.15, 0.2) is 48.5 Å². The molecule has 1 aliphatic heterocycles. The fourth-order valence-corrected chi connectivity index (χ4v) is 2.34. The van der Waals surface area contributed by atoms with Crippen LogP contribution in [0.5, 0.6) is 11.5 Å². The second-order valence-corrected chi connectivity index (χ2v) is 4.53. The van der Waals surface area contributed by atoms with Crippen LogP contribution in [0.4, 0.5) is 0 Å². The lowest BCUT2D eigenvalue weighted by molar-refractivity contribution is -0.133. The van der Waals surface area contributed by atoms with Crippen LogP contribution in [0.3, 0.4) is 0 Å². The van der Waals surface area contributed by atoms with Crippen molar-refractivity contribution >= 4 is 5.97 Å². The minimum Gasteiger partial charge on any atom is -0.491 e. The molecule has 3 rings (SSSR count). The summed E-state index contributed by atoms with van der Waals surface area (Å²) in [6, 6.07) is 14.7. The molecule has 4 heteroatoms. The van der Waals surface area contributed by atoms with E-state index in [1.54, 1.807) is 18.2 Å².